The number of halogens is 1. The Labute approximate surface area is 196 Å². The fourth-order valence-electron chi connectivity index (χ4n) is 5.14. The van der Waals surface area contributed by atoms with E-state index in [0.717, 1.165) is 36.8 Å². The van der Waals surface area contributed by atoms with Gasteiger partial charge in [-0.05, 0) is 54.9 Å². The fourth-order valence-corrected chi connectivity index (χ4v) is 5.14. The Kier molecular flexibility index (Phi) is 4.83. The van der Waals surface area contributed by atoms with Gasteiger partial charge in [0, 0.05) is 28.9 Å². The second kappa shape index (κ2) is 7.90. The predicted molar refractivity (Wildman–Crippen MR) is 128 cm³/mol. The molecule has 0 amide bonds. The molecule has 34 heavy (non-hydrogen) atoms. The van der Waals surface area contributed by atoms with E-state index in [1.165, 1.54) is 29.0 Å². The summed E-state index contributed by atoms with van der Waals surface area (Å²) in [7, 11) is 0. The maximum absolute atomic E-state index is 13.9. The minimum atomic E-state index is -0.431. The normalized spacial score (nSPS) is 17.4. The Bertz CT molecular complexity index is 1460. The zero-order valence-electron chi connectivity index (χ0n) is 19.1. The van der Waals surface area contributed by atoms with Crippen LogP contribution in [0, 0.1) is 5.82 Å². The molecule has 8 heteroatoms. The highest BCUT2D eigenvalue weighted by atomic mass is 19.1. The first kappa shape index (κ1) is 20.8. The van der Waals surface area contributed by atoms with E-state index in [-0.39, 0.29) is 12.0 Å². The molecule has 172 valence electrons. The van der Waals surface area contributed by atoms with Crippen molar-refractivity contribution in [3.05, 3.63) is 70.9 Å². The summed E-state index contributed by atoms with van der Waals surface area (Å²) < 4.78 is 15.6. The average Bonchev–Trinajstić information content (AvgIpc) is 3.41. The van der Waals surface area contributed by atoms with Crippen molar-refractivity contribution in [2.24, 2.45) is 0 Å². The Morgan fingerprint density at radius 3 is 2.88 bits per heavy atom. The van der Waals surface area contributed by atoms with Gasteiger partial charge >= 0.3 is 0 Å². The molecular weight excluding hydrogens is 431 g/mol. The van der Waals surface area contributed by atoms with Gasteiger partial charge in [-0.25, -0.2) is 9.37 Å². The quantitative estimate of drug-likeness (QED) is 0.443. The first-order chi connectivity index (χ1) is 16.5. The molecule has 1 atom stereocenters. The molecular formula is C26H25FN6O. The maximum atomic E-state index is 13.9. The Morgan fingerprint density at radius 2 is 2.06 bits per heavy atom. The first-order valence-corrected chi connectivity index (χ1v) is 11.6. The predicted octanol–water partition coefficient (Wildman–Crippen LogP) is 5.13. The van der Waals surface area contributed by atoms with Gasteiger partial charge in [0.05, 0.1) is 12.4 Å². The minimum Gasteiger partial charge on any atom is -0.507 e. The lowest BCUT2D eigenvalue weighted by Crippen LogP contribution is -2.25. The van der Waals surface area contributed by atoms with Crippen molar-refractivity contribution < 1.29 is 9.50 Å². The number of phenols is 1. The summed E-state index contributed by atoms with van der Waals surface area (Å²) in [6, 6.07) is 7.28. The van der Waals surface area contributed by atoms with Crippen molar-refractivity contribution in [3.63, 3.8) is 0 Å². The van der Waals surface area contributed by atoms with Crippen molar-refractivity contribution >= 4 is 17.2 Å². The van der Waals surface area contributed by atoms with Crippen LogP contribution >= 0.6 is 0 Å². The number of fused-ring (bicyclic) bond motifs is 3. The summed E-state index contributed by atoms with van der Waals surface area (Å²) in [5.74, 6) is 1.12. The van der Waals surface area contributed by atoms with Crippen LogP contribution in [0.3, 0.4) is 0 Å². The largest absolute Gasteiger partial charge is 0.507 e. The molecule has 0 spiro atoms. The molecule has 0 saturated carbocycles. The number of benzene rings is 1. The number of phenolic OH excluding ortho intramolecular Hbond substituents is 1. The third-order valence-corrected chi connectivity index (χ3v) is 6.82. The summed E-state index contributed by atoms with van der Waals surface area (Å²) in [5, 5.41) is 18.6. The number of nitrogens with one attached hydrogen (secondary N) is 1. The maximum Gasteiger partial charge on any atom is 0.228 e. The minimum absolute atomic E-state index is 0.118. The molecule has 4 aromatic rings. The van der Waals surface area contributed by atoms with E-state index in [9.17, 15) is 9.50 Å². The third kappa shape index (κ3) is 3.41. The standard InChI is InChI=1S/C26H25FN6O/c1-14(2)21-13-29-33-25(21)31-24(17-9-18(27)12-28-11-17)32-26(33)30-19-7-6-15-8-16-4-3-5-22(34)23(16)20(15)10-19/h3-5,9,11-14,19,34H,6-8,10H2,1-2H3,(H,30,31,32)/t19-/m1/s1. The number of hydrogen-bond donors (Lipinski definition) is 2. The molecule has 1 aromatic carbocycles. The molecule has 0 bridgehead atoms. The van der Waals surface area contributed by atoms with Crippen molar-refractivity contribution in [2.75, 3.05) is 5.32 Å². The molecule has 0 fully saturated rings. The molecule has 0 aliphatic heterocycles. The first-order valence-electron chi connectivity index (χ1n) is 11.6. The van der Waals surface area contributed by atoms with Gasteiger partial charge in [-0.15, -0.1) is 0 Å². The summed E-state index contributed by atoms with van der Waals surface area (Å²) in [4.78, 5) is 13.4. The van der Waals surface area contributed by atoms with E-state index in [1.807, 2.05) is 12.3 Å². The average molecular weight is 457 g/mol. The van der Waals surface area contributed by atoms with Gasteiger partial charge in [0.15, 0.2) is 11.5 Å². The molecule has 0 saturated heterocycles. The number of allylic oxidation sites excluding steroid dienone is 1. The zero-order chi connectivity index (χ0) is 23.4. The summed E-state index contributed by atoms with van der Waals surface area (Å²) in [6.45, 7) is 4.18. The molecule has 0 radical (unpaired) electrons. The van der Waals surface area contributed by atoms with Crippen molar-refractivity contribution in [1.82, 2.24) is 24.6 Å². The molecule has 2 aliphatic rings. The third-order valence-electron chi connectivity index (χ3n) is 6.82. The van der Waals surface area contributed by atoms with Gasteiger partial charge < -0.3 is 10.4 Å². The highest BCUT2D eigenvalue weighted by Crippen LogP contribution is 2.45. The van der Waals surface area contributed by atoms with Gasteiger partial charge in [0.25, 0.3) is 0 Å². The van der Waals surface area contributed by atoms with Crippen LogP contribution in [0.1, 0.15) is 55.7 Å². The fraction of sp³-hybridized carbons (Fsp3) is 0.308. The highest BCUT2D eigenvalue weighted by Gasteiger charge is 2.31. The van der Waals surface area contributed by atoms with E-state index >= 15 is 0 Å². The van der Waals surface area contributed by atoms with Gasteiger partial charge in [-0.3, -0.25) is 4.98 Å². The van der Waals surface area contributed by atoms with Gasteiger partial charge in [0.2, 0.25) is 5.95 Å². The lowest BCUT2D eigenvalue weighted by molar-refractivity contribution is 0.472. The summed E-state index contributed by atoms with van der Waals surface area (Å²) in [6.07, 6.45) is 8.18. The van der Waals surface area contributed by atoms with Crippen LogP contribution in [-0.4, -0.2) is 35.7 Å². The highest BCUT2D eigenvalue weighted by molar-refractivity contribution is 5.81. The Morgan fingerprint density at radius 1 is 1.18 bits per heavy atom. The topological polar surface area (TPSA) is 88.2 Å². The number of aromatic nitrogens is 5. The monoisotopic (exact) mass is 456 g/mol. The number of anilines is 1. The van der Waals surface area contributed by atoms with Crippen LogP contribution in [0.25, 0.3) is 22.6 Å². The molecule has 3 aromatic heterocycles. The van der Waals surface area contributed by atoms with Crippen LogP contribution in [0.15, 0.2) is 48.4 Å². The zero-order valence-corrected chi connectivity index (χ0v) is 19.1. The number of rotatable bonds is 4. The number of pyridine rings is 1. The van der Waals surface area contributed by atoms with Gasteiger partial charge in [-0.1, -0.05) is 31.6 Å². The second-order valence-electron chi connectivity index (χ2n) is 9.41. The lowest BCUT2D eigenvalue weighted by Gasteiger charge is -2.26. The number of hydrogen-bond acceptors (Lipinski definition) is 6. The van der Waals surface area contributed by atoms with Crippen LogP contribution < -0.4 is 5.32 Å². The van der Waals surface area contributed by atoms with E-state index in [1.54, 1.807) is 16.8 Å². The van der Waals surface area contributed by atoms with Gasteiger partial charge in [-0.2, -0.15) is 14.6 Å². The molecule has 2 aliphatic carbocycles. The Balaban J connectivity index is 1.39. The van der Waals surface area contributed by atoms with Crippen LogP contribution in [0.5, 0.6) is 5.75 Å². The van der Waals surface area contributed by atoms with Crippen molar-refractivity contribution in [1.29, 1.82) is 0 Å². The summed E-state index contributed by atoms with van der Waals surface area (Å²) >= 11 is 0. The Hall–Kier alpha value is -3.81. The van der Waals surface area contributed by atoms with E-state index in [4.69, 9.17) is 9.97 Å². The lowest BCUT2D eigenvalue weighted by atomic mass is 9.88. The van der Waals surface area contributed by atoms with E-state index in [2.05, 4.69) is 35.3 Å². The van der Waals surface area contributed by atoms with E-state index < -0.39 is 5.82 Å². The van der Waals surface area contributed by atoms with Crippen molar-refractivity contribution in [3.8, 4) is 17.1 Å². The molecule has 7 nitrogen and oxygen atoms in total. The van der Waals surface area contributed by atoms with Crippen LogP contribution in [-0.2, 0) is 6.42 Å². The van der Waals surface area contributed by atoms with Gasteiger partial charge in [0.1, 0.15) is 11.6 Å². The molecule has 2 N–H and O–H groups in total. The number of aromatic hydroxyl groups is 1. The van der Waals surface area contributed by atoms with Crippen LogP contribution in [0.4, 0.5) is 10.3 Å². The van der Waals surface area contributed by atoms with E-state index in [0.29, 0.717) is 28.7 Å². The number of nitrogens with zero attached hydrogens (tertiary/aromatic N) is 5. The second-order valence-corrected chi connectivity index (χ2v) is 9.41. The van der Waals surface area contributed by atoms with Crippen LogP contribution in [0.2, 0.25) is 0 Å². The smallest absolute Gasteiger partial charge is 0.228 e. The molecule has 6 rings (SSSR count). The summed E-state index contributed by atoms with van der Waals surface area (Å²) in [5.41, 5.74) is 7.06. The van der Waals surface area contributed by atoms with Crippen molar-refractivity contribution in [2.45, 2.75) is 51.5 Å². The molecule has 3 heterocycles. The molecule has 0 unspecified atom stereocenters. The SMILES string of the molecule is CC(C)c1cnn2c(N[C@@H]3CCC4=C(C3)c3c(O)cccc3C4)nc(-c3cncc(F)c3)nc12.